The molecule has 6 heteroatoms. The topological polar surface area (TPSA) is 74.2 Å². The average Bonchev–Trinajstić information content (AvgIpc) is 3.05. The standard InChI is InChI=1S/C16H21N3O2S/c1-3-13(15-17-8-9-22-15)19-16(21)18-10-14(20)12-7-5-4-6-11(12)2/h4-9,13-14,20H,3,10H2,1-2H3,(H2,18,19,21). The highest BCUT2D eigenvalue weighted by atomic mass is 32.1. The number of hydrogen-bond acceptors (Lipinski definition) is 4. The molecule has 0 fully saturated rings. The second-order valence-electron chi connectivity index (χ2n) is 5.06. The monoisotopic (exact) mass is 319 g/mol. The van der Waals surface area contributed by atoms with Crippen LogP contribution in [-0.4, -0.2) is 22.7 Å². The van der Waals surface area contributed by atoms with E-state index in [2.05, 4.69) is 15.6 Å². The number of aryl methyl sites for hydroxylation is 1. The smallest absolute Gasteiger partial charge is 0.315 e. The minimum absolute atomic E-state index is 0.101. The van der Waals surface area contributed by atoms with Crippen LogP contribution in [0, 0.1) is 6.92 Å². The normalized spacial score (nSPS) is 13.4. The third-order valence-corrected chi connectivity index (χ3v) is 4.36. The van der Waals surface area contributed by atoms with E-state index in [4.69, 9.17) is 0 Å². The number of aromatic nitrogens is 1. The number of aliphatic hydroxyl groups is 1. The van der Waals surface area contributed by atoms with Gasteiger partial charge in [-0.2, -0.15) is 0 Å². The molecule has 3 N–H and O–H groups in total. The molecule has 2 aromatic rings. The number of amides is 2. The first-order valence-electron chi connectivity index (χ1n) is 7.29. The van der Waals surface area contributed by atoms with Gasteiger partial charge in [0, 0.05) is 18.1 Å². The average molecular weight is 319 g/mol. The molecule has 0 aliphatic rings. The highest BCUT2D eigenvalue weighted by Gasteiger charge is 2.16. The van der Waals surface area contributed by atoms with Crippen molar-refractivity contribution in [3.8, 4) is 0 Å². The summed E-state index contributed by atoms with van der Waals surface area (Å²) in [7, 11) is 0. The van der Waals surface area contributed by atoms with Crippen molar-refractivity contribution in [2.24, 2.45) is 0 Å². The van der Waals surface area contributed by atoms with E-state index in [1.54, 1.807) is 6.20 Å². The van der Waals surface area contributed by atoms with Crippen molar-refractivity contribution in [1.82, 2.24) is 15.6 Å². The van der Waals surface area contributed by atoms with Crippen LogP contribution in [0.15, 0.2) is 35.8 Å². The molecule has 0 saturated carbocycles. The summed E-state index contributed by atoms with van der Waals surface area (Å²) in [4.78, 5) is 16.2. The number of carbonyl (C=O) groups excluding carboxylic acids is 1. The molecule has 2 amide bonds. The van der Waals surface area contributed by atoms with Crippen molar-refractivity contribution in [2.75, 3.05) is 6.54 Å². The highest BCUT2D eigenvalue weighted by Crippen LogP contribution is 2.19. The van der Waals surface area contributed by atoms with E-state index in [0.29, 0.717) is 0 Å². The van der Waals surface area contributed by atoms with Crippen LogP contribution in [0.4, 0.5) is 4.79 Å². The Labute approximate surface area is 134 Å². The van der Waals surface area contributed by atoms with Crippen LogP contribution < -0.4 is 10.6 Å². The fourth-order valence-electron chi connectivity index (χ4n) is 2.21. The Hall–Kier alpha value is -1.92. The molecule has 0 aliphatic carbocycles. The molecule has 2 unspecified atom stereocenters. The van der Waals surface area contributed by atoms with Crippen LogP contribution in [0.25, 0.3) is 0 Å². The first-order valence-corrected chi connectivity index (χ1v) is 8.17. The van der Waals surface area contributed by atoms with Crippen molar-refractivity contribution in [3.05, 3.63) is 52.0 Å². The minimum Gasteiger partial charge on any atom is -0.387 e. The van der Waals surface area contributed by atoms with Gasteiger partial charge in [-0.15, -0.1) is 11.3 Å². The molecule has 2 atom stereocenters. The molecule has 0 aliphatic heterocycles. The summed E-state index contributed by atoms with van der Waals surface area (Å²) in [6.07, 6.45) is 1.78. The van der Waals surface area contributed by atoms with Gasteiger partial charge in [0.1, 0.15) is 5.01 Å². The van der Waals surface area contributed by atoms with Gasteiger partial charge in [0.15, 0.2) is 0 Å². The van der Waals surface area contributed by atoms with Gasteiger partial charge in [0.25, 0.3) is 0 Å². The zero-order chi connectivity index (χ0) is 15.9. The van der Waals surface area contributed by atoms with Crippen LogP contribution >= 0.6 is 11.3 Å². The molecule has 0 spiro atoms. The van der Waals surface area contributed by atoms with Crippen LogP contribution in [0.1, 0.15) is 41.6 Å². The summed E-state index contributed by atoms with van der Waals surface area (Å²) >= 11 is 1.52. The third-order valence-electron chi connectivity index (χ3n) is 3.47. The summed E-state index contributed by atoms with van der Waals surface area (Å²) < 4.78 is 0. The molecule has 22 heavy (non-hydrogen) atoms. The SMILES string of the molecule is CCC(NC(=O)NCC(O)c1ccccc1C)c1nccs1. The van der Waals surface area contributed by atoms with Gasteiger partial charge in [0.05, 0.1) is 12.1 Å². The molecule has 1 aromatic carbocycles. The first kappa shape index (κ1) is 16.5. The van der Waals surface area contributed by atoms with E-state index >= 15 is 0 Å². The number of nitrogens with one attached hydrogen (secondary N) is 2. The zero-order valence-electron chi connectivity index (χ0n) is 12.7. The summed E-state index contributed by atoms with van der Waals surface area (Å²) in [5.74, 6) is 0. The predicted molar refractivity (Wildman–Crippen MR) is 87.8 cm³/mol. The lowest BCUT2D eigenvalue weighted by atomic mass is 10.0. The van der Waals surface area contributed by atoms with Gasteiger partial charge in [0.2, 0.25) is 0 Å². The van der Waals surface area contributed by atoms with Gasteiger partial charge in [-0.05, 0) is 24.5 Å². The van der Waals surface area contributed by atoms with Gasteiger partial charge in [-0.25, -0.2) is 9.78 Å². The molecule has 1 heterocycles. The Morgan fingerprint density at radius 1 is 1.41 bits per heavy atom. The Kier molecular flexibility index (Phi) is 5.91. The Balaban J connectivity index is 1.86. The van der Waals surface area contributed by atoms with Crippen molar-refractivity contribution in [2.45, 2.75) is 32.4 Å². The number of rotatable bonds is 6. The number of hydrogen-bond donors (Lipinski definition) is 3. The van der Waals surface area contributed by atoms with Gasteiger partial charge in [-0.1, -0.05) is 31.2 Å². The molecule has 0 bridgehead atoms. The summed E-state index contributed by atoms with van der Waals surface area (Å²) in [6.45, 7) is 4.10. The Morgan fingerprint density at radius 3 is 2.82 bits per heavy atom. The van der Waals surface area contributed by atoms with E-state index in [1.807, 2.05) is 43.5 Å². The largest absolute Gasteiger partial charge is 0.387 e. The second-order valence-corrected chi connectivity index (χ2v) is 5.98. The number of benzene rings is 1. The van der Waals surface area contributed by atoms with Crippen LogP contribution in [0.3, 0.4) is 0 Å². The molecular formula is C16H21N3O2S. The predicted octanol–water partition coefficient (Wildman–Crippen LogP) is 2.94. The molecule has 0 saturated heterocycles. The lowest BCUT2D eigenvalue weighted by molar-refractivity contribution is 0.172. The quantitative estimate of drug-likeness (QED) is 0.766. The second kappa shape index (κ2) is 7.91. The molecule has 2 rings (SSSR count). The number of thiazole rings is 1. The van der Waals surface area contributed by atoms with E-state index < -0.39 is 6.10 Å². The number of carbonyl (C=O) groups is 1. The van der Waals surface area contributed by atoms with Crippen molar-refractivity contribution < 1.29 is 9.90 Å². The molecule has 0 radical (unpaired) electrons. The van der Waals surface area contributed by atoms with Crippen LogP contribution in [0.2, 0.25) is 0 Å². The fourth-order valence-corrected chi connectivity index (χ4v) is 2.99. The maximum Gasteiger partial charge on any atom is 0.315 e. The van der Waals surface area contributed by atoms with E-state index in [1.165, 1.54) is 11.3 Å². The minimum atomic E-state index is -0.716. The first-order chi connectivity index (χ1) is 10.6. The van der Waals surface area contributed by atoms with E-state index in [-0.39, 0.29) is 18.6 Å². The van der Waals surface area contributed by atoms with E-state index in [9.17, 15) is 9.90 Å². The van der Waals surface area contributed by atoms with Crippen LogP contribution in [-0.2, 0) is 0 Å². The van der Waals surface area contributed by atoms with Gasteiger partial charge in [-0.3, -0.25) is 0 Å². The maximum atomic E-state index is 12.0. The lowest BCUT2D eigenvalue weighted by Crippen LogP contribution is -2.39. The maximum absolute atomic E-state index is 12.0. The van der Waals surface area contributed by atoms with Crippen molar-refractivity contribution in [1.29, 1.82) is 0 Å². The zero-order valence-corrected chi connectivity index (χ0v) is 13.6. The third kappa shape index (κ3) is 4.29. The summed E-state index contributed by atoms with van der Waals surface area (Å²) in [5.41, 5.74) is 1.83. The highest BCUT2D eigenvalue weighted by molar-refractivity contribution is 7.09. The van der Waals surface area contributed by atoms with Gasteiger partial charge >= 0.3 is 6.03 Å². The summed E-state index contributed by atoms with van der Waals surface area (Å²) in [5, 5.41) is 18.5. The molecule has 1 aromatic heterocycles. The van der Waals surface area contributed by atoms with Crippen molar-refractivity contribution in [3.63, 3.8) is 0 Å². The Morgan fingerprint density at radius 2 is 2.18 bits per heavy atom. The number of nitrogens with zero attached hydrogens (tertiary/aromatic N) is 1. The number of urea groups is 1. The Bertz CT molecular complexity index is 601. The molecule has 118 valence electrons. The summed E-state index contributed by atoms with van der Waals surface area (Å²) in [6, 6.07) is 7.20. The fraction of sp³-hybridized carbons (Fsp3) is 0.375. The lowest BCUT2D eigenvalue weighted by Gasteiger charge is -2.18. The van der Waals surface area contributed by atoms with E-state index in [0.717, 1.165) is 22.6 Å². The van der Waals surface area contributed by atoms with Gasteiger partial charge < -0.3 is 15.7 Å². The van der Waals surface area contributed by atoms with Crippen molar-refractivity contribution >= 4 is 17.4 Å². The molecule has 5 nitrogen and oxygen atoms in total. The molecular weight excluding hydrogens is 298 g/mol. The van der Waals surface area contributed by atoms with Crippen LogP contribution in [0.5, 0.6) is 0 Å². The number of aliphatic hydroxyl groups excluding tert-OH is 1.